The fourth-order valence-electron chi connectivity index (χ4n) is 3.92. The summed E-state index contributed by atoms with van der Waals surface area (Å²) < 4.78 is 27.7. The molecule has 2 aliphatic rings. The Bertz CT molecular complexity index is 763. The van der Waals surface area contributed by atoms with Gasteiger partial charge in [-0.3, -0.25) is 4.79 Å². The fourth-order valence-corrected chi connectivity index (χ4v) is 5.68. The normalized spacial score (nSPS) is 23.6. The van der Waals surface area contributed by atoms with Crippen LogP contribution in [0.2, 0.25) is 0 Å². The average molecular weight is 416 g/mol. The molecular formula is C19H30ClN3O3S. The number of benzene rings is 1. The lowest BCUT2D eigenvalue weighted by molar-refractivity contribution is -0.123. The van der Waals surface area contributed by atoms with Gasteiger partial charge in [-0.25, -0.2) is 8.42 Å². The zero-order chi connectivity index (χ0) is 18.7. The Morgan fingerprint density at radius 1 is 1.26 bits per heavy atom. The van der Waals surface area contributed by atoms with E-state index < -0.39 is 10.0 Å². The average Bonchev–Trinajstić information content (AvgIpc) is 3.14. The van der Waals surface area contributed by atoms with Crippen LogP contribution in [0.15, 0.2) is 23.1 Å². The number of piperidine rings is 1. The Morgan fingerprint density at radius 3 is 2.70 bits per heavy atom. The maximum absolute atomic E-state index is 13.0. The molecule has 6 nitrogen and oxygen atoms in total. The van der Waals surface area contributed by atoms with Gasteiger partial charge < -0.3 is 10.6 Å². The first kappa shape index (κ1) is 22.1. The Balaban J connectivity index is 0.00000261. The lowest BCUT2D eigenvalue weighted by atomic mass is 9.99. The molecule has 8 heteroatoms. The molecule has 0 bridgehead atoms. The predicted molar refractivity (Wildman–Crippen MR) is 109 cm³/mol. The SMILES string of the molecule is Cc1ccc(S(=O)(=O)N2CCCC(CNC(=O)C3CCCN3)C2)c(C)c1.Cl. The summed E-state index contributed by atoms with van der Waals surface area (Å²) in [6, 6.07) is 5.37. The van der Waals surface area contributed by atoms with Crippen LogP contribution in [0.3, 0.4) is 0 Å². The van der Waals surface area contributed by atoms with Gasteiger partial charge in [-0.2, -0.15) is 4.31 Å². The highest BCUT2D eigenvalue weighted by Gasteiger charge is 2.31. The molecule has 0 saturated carbocycles. The van der Waals surface area contributed by atoms with Crippen LogP contribution < -0.4 is 10.6 Å². The molecule has 0 spiro atoms. The van der Waals surface area contributed by atoms with Crippen LogP contribution in [0.4, 0.5) is 0 Å². The topological polar surface area (TPSA) is 78.5 Å². The Kier molecular flexibility index (Phi) is 7.68. The van der Waals surface area contributed by atoms with Crippen molar-refractivity contribution in [3.8, 4) is 0 Å². The first-order chi connectivity index (χ1) is 12.4. The predicted octanol–water partition coefficient (Wildman–Crippen LogP) is 1.99. The van der Waals surface area contributed by atoms with Gasteiger partial charge in [0, 0.05) is 19.6 Å². The summed E-state index contributed by atoms with van der Waals surface area (Å²) in [5.41, 5.74) is 1.84. The lowest BCUT2D eigenvalue weighted by Gasteiger charge is -2.32. The lowest BCUT2D eigenvalue weighted by Crippen LogP contribution is -2.46. The third-order valence-corrected chi connectivity index (χ3v) is 7.40. The van der Waals surface area contributed by atoms with E-state index in [1.807, 2.05) is 26.0 Å². The smallest absolute Gasteiger partial charge is 0.243 e. The zero-order valence-electron chi connectivity index (χ0n) is 16.0. The number of aryl methyl sites for hydroxylation is 2. The van der Waals surface area contributed by atoms with Crippen molar-refractivity contribution in [2.24, 2.45) is 5.92 Å². The second kappa shape index (κ2) is 9.37. The Morgan fingerprint density at radius 2 is 2.04 bits per heavy atom. The minimum Gasteiger partial charge on any atom is -0.354 e. The standard InChI is InChI=1S/C19H29N3O3S.ClH/c1-14-7-8-18(15(2)11-14)26(24,25)22-10-4-5-16(13-22)12-21-19(23)17-6-3-9-20-17;/h7-8,11,16-17,20H,3-6,9-10,12-13H2,1-2H3,(H,21,23);1H. The largest absolute Gasteiger partial charge is 0.354 e. The first-order valence-electron chi connectivity index (χ1n) is 9.46. The molecule has 0 aliphatic carbocycles. The van der Waals surface area contributed by atoms with E-state index in [9.17, 15) is 13.2 Å². The molecule has 3 rings (SSSR count). The second-order valence-electron chi connectivity index (χ2n) is 7.53. The van der Waals surface area contributed by atoms with Gasteiger partial charge in [-0.1, -0.05) is 17.7 Å². The van der Waals surface area contributed by atoms with E-state index in [4.69, 9.17) is 0 Å². The number of halogens is 1. The molecule has 1 aromatic rings. The van der Waals surface area contributed by atoms with E-state index in [0.29, 0.717) is 24.5 Å². The molecule has 2 saturated heterocycles. The summed E-state index contributed by atoms with van der Waals surface area (Å²) in [4.78, 5) is 12.6. The molecule has 27 heavy (non-hydrogen) atoms. The van der Waals surface area contributed by atoms with E-state index in [1.165, 1.54) is 0 Å². The van der Waals surface area contributed by atoms with Crippen LogP contribution in [0.25, 0.3) is 0 Å². The maximum atomic E-state index is 13.0. The minimum atomic E-state index is -3.49. The molecule has 1 aromatic carbocycles. The van der Waals surface area contributed by atoms with Crippen LogP contribution in [-0.4, -0.2) is 50.9 Å². The zero-order valence-corrected chi connectivity index (χ0v) is 17.7. The highest BCUT2D eigenvalue weighted by molar-refractivity contribution is 7.89. The van der Waals surface area contributed by atoms with Gasteiger partial charge in [0.2, 0.25) is 15.9 Å². The van der Waals surface area contributed by atoms with E-state index in [1.54, 1.807) is 10.4 Å². The van der Waals surface area contributed by atoms with Crippen molar-refractivity contribution >= 4 is 28.3 Å². The monoisotopic (exact) mass is 415 g/mol. The molecule has 1 amide bonds. The number of carbonyl (C=O) groups is 1. The van der Waals surface area contributed by atoms with Crippen molar-refractivity contribution < 1.29 is 13.2 Å². The number of hydrogen-bond acceptors (Lipinski definition) is 4. The van der Waals surface area contributed by atoms with Gasteiger partial charge >= 0.3 is 0 Å². The number of nitrogens with zero attached hydrogens (tertiary/aromatic N) is 1. The van der Waals surface area contributed by atoms with Crippen molar-refractivity contribution in [1.82, 2.24) is 14.9 Å². The van der Waals surface area contributed by atoms with Crippen LogP contribution in [0.1, 0.15) is 36.8 Å². The maximum Gasteiger partial charge on any atom is 0.243 e. The molecule has 2 N–H and O–H groups in total. The van der Waals surface area contributed by atoms with Crippen molar-refractivity contribution in [3.63, 3.8) is 0 Å². The molecule has 0 aromatic heterocycles. The number of hydrogen-bond donors (Lipinski definition) is 2. The summed E-state index contributed by atoms with van der Waals surface area (Å²) in [6.45, 7) is 6.25. The number of nitrogens with one attached hydrogen (secondary N) is 2. The van der Waals surface area contributed by atoms with Crippen molar-refractivity contribution in [3.05, 3.63) is 29.3 Å². The fraction of sp³-hybridized carbons (Fsp3) is 0.632. The number of carbonyl (C=O) groups excluding carboxylic acids is 1. The van der Waals surface area contributed by atoms with Crippen molar-refractivity contribution in [1.29, 1.82) is 0 Å². The third kappa shape index (κ3) is 5.22. The van der Waals surface area contributed by atoms with Crippen LogP contribution in [0, 0.1) is 19.8 Å². The van der Waals surface area contributed by atoms with Gasteiger partial charge in [0.25, 0.3) is 0 Å². The number of sulfonamides is 1. The molecule has 2 heterocycles. The van der Waals surface area contributed by atoms with E-state index in [-0.39, 0.29) is 30.3 Å². The summed E-state index contributed by atoms with van der Waals surface area (Å²) >= 11 is 0. The van der Waals surface area contributed by atoms with Gasteiger partial charge in [-0.05, 0) is 63.6 Å². The third-order valence-electron chi connectivity index (χ3n) is 5.37. The van der Waals surface area contributed by atoms with Gasteiger partial charge in [0.15, 0.2) is 0 Å². The molecule has 2 atom stereocenters. The highest BCUT2D eigenvalue weighted by atomic mass is 35.5. The Labute approximate surface area is 168 Å². The molecular weight excluding hydrogens is 386 g/mol. The molecule has 152 valence electrons. The summed E-state index contributed by atoms with van der Waals surface area (Å²) in [5, 5.41) is 6.19. The highest BCUT2D eigenvalue weighted by Crippen LogP contribution is 2.26. The summed E-state index contributed by atoms with van der Waals surface area (Å²) in [6.07, 6.45) is 3.68. The summed E-state index contributed by atoms with van der Waals surface area (Å²) in [5.74, 6) is 0.200. The molecule has 2 fully saturated rings. The van der Waals surface area contributed by atoms with E-state index >= 15 is 0 Å². The van der Waals surface area contributed by atoms with Gasteiger partial charge in [0.1, 0.15) is 0 Å². The van der Waals surface area contributed by atoms with Crippen LogP contribution in [-0.2, 0) is 14.8 Å². The van der Waals surface area contributed by atoms with Crippen molar-refractivity contribution in [2.45, 2.75) is 50.5 Å². The number of amides is 1. The molecule has 2 aliphatic heterocycles. The minimum absolute atomic E-state index is 0. The van der Waals surface area contributed by atoms with E-state index in [0.717, 1.165) is 43.4 Å². The van der Waals surface area contributed by atoms with E-state index in [2.05, 4.69) is 10.6 Å². The molecule has 0 radical (unpaired) electrons. The number of rotatable bonds is 5. The molecule has 2 unspecified atom stereocenters. The quantitative estimate of drug-likeness (QED) is 0.770. The Hall–Kier alpha value is -1.15. The van der Waals surface area contributed by atoms with Crippen LogP contribution in [0.5, 0.6) is 0 Å². The van der Waals surface area contributed by atoms with Crippen molar-refractivity contribution in [2.75, 3.05) is 26.2 Å². The van der Waals surface area contributed by atoms with Gasteiger partial charge in [0.05, 0.1) is 10.9 Å². The van der Waals surface area contributed by atoms with Crippen LogP contribution >= 0.6 is 12.4 Å². The van der Waals surface area contributed by atoms with Gasteiger partial charge in [-0.15, -0.1) is 12.4 Å². The summed E-state index contributed by atoms with van der Waals surface area (Å²) in [7, 11) is -3.49. The second-order valence-corrected chi connectivity index (χ2v) is 9.44. The first-order valence-corrected chi connectivity index (χ1v) is 10.9.